The number of rotatable bonds is 23. The Balaban J connectivity index is 0.704. The van der Waals surface area contributed by atoms with Crippen LogP contribution in [0.2, 0.25) is 0 Å². The molecule has 0 radical (unpaired) electrons. The molecule has 11 rings (SSSR count). The number of phosphoric acid groups is 1. The fourth-order valence-corrected chi connectivity index (χ4v) is 14.9. The molecule has 5 aromatic rings. The Hall–Kier alpha value is -7.14. The van der Waals surface area contributed by atoms with Gasteiger partial charge in [0.15, 0.2) is 0 Å². The Kier molecular flexibility index (Phi) is 17.2. The number of aliphatic carboxylic acids is 1. The number of nitrogens with one attached hydrogen (secondary N) is 1. The summed E-state index contributed by atoms with van der Waals surface area (Å²) in [6.07, 6.45) is 4.25. The van der Waals surface area contributed by atoms with Crippen LogP contribution in [0, 0.1) is 10.8 Å². The highest BCUT2D eigenvalue weighted by Crippen LogP contribution is 2.75. The number of ether oxygens (including phenoxy) is 2. The standard InChI is InChI=1S/C58H60ClN6O15PS2/c1-61(55(73)78-30-35-12-5-10-17-47(35)83-82-31-42(52(69)70)60-48(66)18-4-3-11-22-64-49(67)19-20-50(64)68)24-25-62(2)56(74)79-45-26-43-38(37-13-6-7-14-39(37)45)21-23-63(43)53(71)57-32-58(33-57,34-57)54(72)65-29-36(28-59)51-41-16-9-8-15-40(41)46(27-44(51)65)80-81(75,76)77/h5-10,12-17,19-20,26-27,36,42H,3-4,11,18,21-25,28-34H2,1-2H3,(H,60,66)(H,69,70)(H2,75,76,77)/t36-,42+,57?,58?/m1/s1. The van der Waals surface area contributed by atoms with Gasteiger partial charge in [0.25, 0.3) is 11.8 Å². The number of fused-ring (bicyclic) bond motifs is 6. The van der Waals surface area contributed by atoms with Crippen LogP contribution in [0.1, 0.15) is 67.6 Å². The predicted octanol–water partition coefficient (Wildman–Crippen LogP) is 8.39. The maximum atomic E-state index is 14.7. The zero-order valence-corrected chi connectivity index (χ0v) is 48.6. The van der Waals surface area contributed by atoms with Crippen molar-refractivity contribution in [3.63, 3.8) is 0 Å². The maximum absolute atomic E-state index is 14.7. The molecule has 21 nitrogen and oxygen atoms in total. The maximum Gasteiger partial charge on any atom is 0.524 e. The number of nitrogens with zero attached hydrogens (tertiary/aromatic N) is 5. The van der Waals surface area contributed by atoms with Crippen LogP contribution >= 0.6 is 41.0 Å². The van der Waals surface area contributed by atoms with Crippen molar-refractivity contribution in [1.29, 1.82) is 0 Å². The molecule has 436 valence electrons. The lowest BCUT2D eigenvalue weighted by Gasteiger charge is -2.69. The van der Waals surface area contributed by atoms with Crippen LogP contribution in [0.5, 0.6) is 11.5 Å². The number of hydrogen-bond acceptors (Lipinski definition) is 14. The molecule has 2 bridgehead atoms. The van der Waals surface area contributed by atoms with Gasteiger partial charge in [0.1, 0.15) is 24.1 Å². The van der Waals surface area contributed by atoms with E-state index in [0.717, 1.165) is 26.3 Å². The normalized spacial score (nSPS) is 19.7. The lowest BCUT2D eigenvalue weighted by Crippen LogP contribution is -2.72. The van der Waals surface area contributed by atoms with Crippen LogP contribution in [0.3, 0.4) is 0 Å². The highest BCUT2D eigenvalue weighted by molar-refractivity contribution is 8.76. The molecular weight excluding hydrogens is 1150 g/mol. The van der Waals surface area contributed by atoms with Gasteiger partial charge >= 0.3 is 26.0 Å². The molecule has 7 amide bonds. The van der Waals surface area contributed by atoms with E-state index in [1.54, 1.807) is 58.3 Å². The molecule has 3 aliphatic carbocycles. The zero-order valence-electron chi connectivity index (χ0n) is 45.3. The number of carbonyl (C=O) groups is 8. The molecule has 83 heavy (non-hydrogen) atoms. The van der Waals surface area contributed by atoms with Crippen molar-refractivity contribution in [2.45, 2.75) is 74.8 Å². The smallest absolute Gasteiger partial charge is 0.480 e. The summed E-state index contributed by atoms with van der Waals surface area (Å²) in [7, 11) is 0.605. The van der Waals surface area contributed by atoms with E-state index in [4.69, 9.17) is 25.6 Å². The molecule has 25 heteroatoms. The number of halogens is 1. The summed E-state index contributed by atoms with van der Waals surface area (Å²) in [6.45, 7) is 0.955. The van der Waals surface area contributed by atoms with Gasteiger partial charge in [-0.1, -0.05) is 94.7 Å². The number of likely N-dealkylation sites (N-methyl/N-ethyl adjacent to an activating group) is 2. The van der Waals surface area contributed by atoms with Crippen molar-refractivity contribution in [3.05, 3.63) is 114 Å². The van der Waals surface area contributed by atoms with Gasteiger partial charge in [0.2, 0.25) is 17.7 Å². The number of benzene rings is 5. The summed E-state index contributed by atoms with van der Waals surface area (Å²) in [5, 5.41) is 15.0. The number of imide groups is 1. The number of unbranched alkanes of at least 4 members (excludes halogenated alkanes) is 2. The third-order valence-electron chi connectivity index (χ3n) is 16.0. The van der Waals surface area contributed by atoms with Gasteiger partial charge in [-0.3, -0.25) is 38.7 Å². The van der Waals surface area contributed by atoms with Crippen LogP contribution < -0.4 is 24.4 Å². The number of alkyl halides is 1. The minimum absolute atomic E-state index is 0.0401. The second-order valence-electron chi connectivity index (χ2n) is 21.6. The van der Waals surface area contributed by atoms with Gasteiger partial charge in [0, 0.05) is 116 Å². The van der Waals surface area contributed by atoms with Crippen LogP contribution in [0.4, 0.5) is 21.0 Å². The third kappa shape index (κ3) is 12.1. The zero-order chi connectivity index (χ0) is 59.0. The highest BCUT2D eigenvalue weighted by Gasteiger charge is 2.76. The first-order valence-corrected chi connectivity index (χ1v) is 31.4. The van der Waals surface area contributed by atoms with Gasteiger partial charge in [-0.25, -0.2) is 18.9 Å². The Morgan fingerprint density at radius 3 is 2.05 bits per heavy atom. The molecule has 3 saturated carbocycles. The fraction of sp³-hybridized carbons (Fsp3) is 0.379. The van der Waals surface area contributed by atoms with Crippen molar-refractivity contribution in [1.82, 2.24) is 20.0 Å². The van der Waals surface area contributed by atoms with E-state index in [1.165, 1.54) is 63.7 Å². The van der Waals surface area contributed by atoms with Crippen LogP contribution in [-0.4, -0.2) is 142 Å². The van der Waals surface area contributed by atoms with Crippen molar-refractivity contribution in [3.8, 4) is 11.5 Å². The van der Waals surface area contributed by atoms with E-state index in [9.17, 15) is 57.8 Å². The van der Waals surface area contributed by atoms with E-state index < -0.39 is 48.8 Å². The topological polar surface area (TPSA) is 270 Å². The highest BCUT2D eigenvalue weighted by atomic mass is 35.5. The van der Waals surface area contributed by atoms with Crippen LogP contribution in [-0.2, 0) is 51.1 Å². The number of carboxylic acid groups (broad SMARTS) is 1. The Bertz CT molecular complexity index is 3530. The summed E-state index contributed by atoms with van der Waals surface area (Å²) in [6, 6.07) is 23.7. The van der Waals surface area contributed by atoms with Crippen molar-refractivity contribution in [2.24, 2.45) is 10.8 Å². The number of amides is 7. The number of phosphoric ester groups is 1. The summed E-state index contributed by atoms with van der Waals surface area (Å²) in [4.78, 5) is 132. The molecule has 3 fully saturated rings. The molecule has 4 N–H and O–H groups in total. The van der Waals surface area contributed by atoms with Crippen molar-refractivity contribution < 1.29 is 71.8 Å². The summed E-state index contributed by atoms with van der Waals surface area (Å²) in [5.74, 6) is -2.45. The van der Waals surface area contributed by atoms with E-state index in [1.807, 2.05) is 30.3 Å². The van der Waals surface area contributed by atoms with Gasteiger partial charge in [-0.15, -0.1) is 11.6 Å². The number of carbonyl (C=O) groups excluding carboxylic acids is 7. The minimum atomic E-state index is -4.96. The average Bonchev–Trinajstić information content (AvgIpc) is 2.66. The van der Waals surface area contributed by atoms with Crippen LogP contribution in [0.25, 0.3) is 21.5 Å². The molecule has 3 aliphatic heterocycles. The lowest BCUT2D eigenvalue weighted by molar-refractivity contribution is -0.204. The van der Waals surface area contributed by atoms with Crippen molar-refractivity contribution in [2.75, 3.05) is 68.3 Å². The average molecular weight is 1210 g/mol. The molecule has 2 atom stereocenters. The first-order valence-electron chi connectivity index (χ1n) is 27.0. The van der Waals surface area contributed by atoms with E-state index in [-0.39, 0.29) is 91.9 Å². The second kappa shape index (κ2) is 24.2. The van der Waals surface area contributed by atoms with Gasteiger partial charge in [-0.05, 0) is 66.5 Å². The molecule has 6 aliphatic rings. The van der Waals surface area contributed by atoms with Gasteiger partial charge in [0.05, 0.1) is 22.2 Å². The monoisotopic (exact) mass is 1210 g/mol. The largest absolute Gasteiger partial charge is 0.524 e. The first kappa shape index (κ1) is 59.0. The van der Waals surface area contributed by atoms with Gasteiger partial charge in [-0.2, -0.15) is 0 Å². The van der Waals surface area contributed by atoms with E-state index >= 15 is 0 Å². The quantitative estimate of drug-likeness (QED) is 0.0157. The Morgan fingerprint density at radius 1 is 0.783 bits per heavy atom. The predicted molar refractivity (Wildman–Crippen MR) is 311 cm³/mol. The summed E-state index contributed by atoms with van der Waals surface area (Å²) in [5.41, 5.74) is 1.91. The number of anilines is 2. The molecule has 0 spiro atoms. The lowest BCUT2D eigenvalue weighted by atomic mass is 9.34. The van der Waals surface area contributed by atoms with E-state index in [2.05, 4.69) is 5.32 Å². The fourth-order valence-electron chi connectivity index (χ4n) is 11.9. The Morgan fingerprint density at radius 2 is 1.39 bits per heavy atom. The summed E-state index contributed by atoms with van der Waals surface area (Å²) < 4.78 is 28.9. The molecule has 3 heterocycles. The number of hydrogen-bond donors (Lipinski definition) is 4. The van der Waals surface area contributed by atoms with Crippen LogP contribution in [0.15, 0.2) is 102 Å². The third-order valence-corrected chi connectivity index (χ3v) is 19.3. The second-order valence-corrected chi connectivity index (χ2v) is 25.4. The van der Waals surface area contributed by atoms with Crippen molar-refractivity contribution >= 4 is 122 Å². The van der Waals surface area contributed by atoms with E-state index in [0.29, 0.717) is 84.6 Å². The SMILES string of the molecule is CN(CCN(C)C(=O)Oc1cc2c(c3ccccc13)CCN2C(=O)C12CC(C(=O)N3C[C@@H](CCl)c4c3cc(OP(=O)(O)O)c3ccccc43)(C1)C2)C(=O)OCc1ccccc1SSC[C@H](NC(=O)CCCCCN1C(=O)C=CC1=O)C(=O)O. The molecular formula is C58H60ClN6O15PS2. The molecule has 0 saturated heterocycles. The molecule has 5 aromatic carbocycles. The van der Waals surface area contributed by atoms with Gasteiger partial charge < -0.3 is 44.0 Å². The molecule has 0 unspecified atom stereocenters. The molecule has 0 aromatic heterocycles. The Labute approximate surface area is 490 Å². The summed E-state index contributed by atoms with van der Waals surface area (Å²) >= 11 is 6.49. The minimum Gasteiger partial charge on any atom is -0.480 e. The first-order chi connectivity index (χ1) is 39.7. The number of carboxylic acids is 1.